The molecule has 0 amide bonds. The molecule has 8 heteroatoms. The first-order valence-corrected chi connectivity index (χ1v) is 14.3. The van der Waals surface area contributed by atoms with Crippen LogP contribution in [0.2, 0.25) is 0 Å². The van der Waals surface area contributed by atoms with Crippen LogP contribution in [-0.4, -0.2) is 67.1 Å². The molecule has 8 rings (SSSR count). The fourth-order valence-corrected chi connectivity index (χ4v) is 10.1. The molecule has 202 valence electrons. The van der Waals surface area contributed by atoms with Crippen molar-refractivity contribution in [2.24, 2.45) is 28.6 Å². The molecule has 4 heterocycles. The van der Waals surface area contributed by atoms with Crippen LogP contribution in [0.15, 0.2) is 23.3 Å². The van der Waals surface area contributed by atoms with Crippen LogP contribution in [0.4, 0.5) is 0 Å². The molecule has 37 heavy (non-hydrogen) atoms. The van der Waals surface area contributed by atoms with E-state index < -0.39 is 17.7 Å². The van der Waals surface area contributed by atoms with Crippen LogP contribution in [0, 0.1) is 28.6 Å². The van der Waals surface area contributed by atoms with Gasteiger partial charge in [0.05, 0.1) is 18.3 Å². The summed E-state index contributed by atoms with van der Waals surface area (Å²) in [7, 11) is 0. The predicted molar refractivity (Wildman–Crippen MR) is 129 cm³/mol. The van der Waals surface area contributed by atoms with E-state index in [1.165, 1.54) is 5.57 Å². The van der Waals surface area contributed by atoms with Crippen LogP contribution >= 0.6 is 0 Å². The molecule has 3 saturated heterocycles. The average molecular weight is 515 g/mol. The maximum atomic E-state index is 12.5. The third-order valence-electron chi connectivity index (χ3n) is 12.0. The van der Waals surface area contributed by atoms with Crippen LogP contribution in [0.3, 0.4) is 0 Å². The number of esters is 1. The standard InChI is InChI=1S/C29H38O8/c1-26-13-22-21(36-25-29(37-22)23(7-10-32-25)34-15-35-29)12-17(26)3-4-20-19(26)5-8-27(2)18(6-9-28(20,27)31)16-11-24(30)33-14-16/h11-12,18-23,25,31H,3-10,13-15H2,1-2H3. The zero-order valence-corrected chi connectivity index (χ0v) is 21.8. The Morgan fingerprint density at radius 1 is 1.05 bits per heavy atom. The minimum Gasteiger partial charge on any atom is -0.458 e. The Labute approximate surface area is 217 Å². The van der Waals surface area contributed by atoms with Gasteiger partial charge >= 0.3 is 5.97 Å². The Morgan fingerprint density at radius 3 is 2.78 bits per heavy atom. The largest absolute Gasteiger partial charge is 0.458 e. The topological polar surface area (TPSA) is 92.7 Å². The molecular formula is C29H38O8. The third kappa shape index (κ3) is 2.92. The summed E-state index contributed by atoms with van der Waals surface area (Å²) in [5.41, 5.74) is 1.49. The van der Waals surface area contributed by atoms with Crippen molar-refractivity contribution in [2.75, 3.05) is 20.0 Å². The zero-order valence-electron chi connectivity index (χ0n) is 21.8. The molecule has 0 aromatic heterocycles. The summed E-state index contributed by atoms with van der Waals surface area (Å²) in [5.74, 6) is -0.414. The second-order valence-electron chi connectivity index (χ2n) is 13.3. The maximum Gasteiger partial charge on any atom is 0.331 e. The molecule has 11 unspecified atom stereocenters. The molecule has 1 spiro atoms. The molecular weight excluding hydrogens is 476 g/mol. The number of aliphatic hydroxyl groups is 1. The van der Waals surface area contributed by atoms with Gasteiger partial charge in [0.15, 0.2) is 6.79 Å². The molecule has 1 N–H and O–H groups in total. The molecule has 0 bridgehead atoms. The minimum absolute atomic E-state index is 0.0672. The highest BCUT2D eigenvalue weighted by Crippen LogP contribution is 2.69. The lowest BCUT2D eigenvalue weighted by Gasteiger charge is -2.63. The van der Waals surface area contributed by atoms with Crippen LogP contribution in [0.1, 0.15) is 65.2 Å². The molecule has 8 aliphatic rings. The molecule has 4 aliphatic heterocycles. The third-order valence-corrected chi connectivity index (χ3v) is 12.0. The molecule has 3 saturated carbocycles. The van der Waals surface area contributed by atoms with E-state index in [4.69, 9.17) is 28.4 Å². The molecule has 4 aliphatic carbocycles. The predicted octanol–water partition coefficient (Wildman–Crippen LogP) is 3.37. The highest BCUT2D eigenvalue weighted by Gasteiger charge is 2.69. The number of carbonyl (C=O) groups is 1. The number of hydrogen-bond acceptors (Lipinski definition) is 8. The summed E-state index contributed by atoms with van der Waals surface area (Å²) >= 11 is 0. The quantitative estimate of drug-likeness (QED) is 0.421. The Kier molecular flexibility index (Phi) is 4.89. The monoisotopic (exact) mass is 514 g/mol. The second-order valence-corrected chi connectivity index (χ2v) is 13.3. The van der Waals surface area contributed by atoms with Gasteiger partial charge in [0.25, 0.3) is 0 Å². The van der Waals surface area contributed by atoms with Gasteiger partial charge in [0.1, 0.15) is 18.8 Å². The molecule has 0 aromatic carbocycles. The zero-order chi connectivity index (χ0) is 25.2. The number of ether oxygens (including phenoxy) is 6. The summed E-state index contributed by atoms with van der Waals surface area (Å²) < 4.78 is 36.4. The highest BCUT2D eigenvalue weighted by atomic mass is 16.9. The van der Waals surface area contributed by atoms with Crippen molar-refractivity contribution in [3.63, 3.8) is 0 Å². The number of allylic oxidation sites excluding steroid dienone is 1. The number of rotatable bonds is 1. The number of hydrogen-bond donors (Lipinski definition) is 1. The molecule has 11 atom stereocenters. The van der Waals surface area contributed by atoms with E-state index in [1.54, 1.807) is 6.08 Å². The Hall–Kier alpha value is -1.29. The SMILES string of the molecule is CC12CC3OC45OCOC4CCOC5OC3C=C1CCC1C2CCC2(C)C(C3=CC(=O)OC3)CCC12O. The number of fused-ring (bicyclic) bond motifs is 6. The Bertz CT molecular complexity index is 1090. The van der Waals surface area contributed by atoms with Crippen molar-refractivity contribution in [1.82, 2.24) is 0 Å². The summed E-state index contributed by atoms with van der Waals surface area (Å²) in [6, 6.07) is 0. The Balaban J connectivity index is 1.10. The Morgan fingerprint density at radius 2 is 1.95 bits per heavy atom. The first kappa shape index (κ1) is 23.6. The van der Waals surface area contributed by atoms with Crippen molar-refractivity contribution in [3.8, 4) is 0 Å². The average Bonchev–Trinajstić information content (AvgIpc) is 3.55. The maximum absolute atomic E-state index is 12.5. The van der Waals surface area contributed by atoms with Crippen molar-refractivity contribution in [2.45, 2.75) is 101 Å². The summed E-state index contributed by atoms with van der Waals surface area (Å²) in [6.45, 7) is 5.83. The van der Waals surface area contributed by atoms with Crippen molar-refractivity contribution >= 4 is 5.97 Å². The van der Waals surface area contributed by atoms with Gasteiger partial charge in [0.2, 0.25) is 12.1 Å². The van der Waals surface area contributed by atoms with Crippen molar-refractivity contribution < 1.29 is 38.3 Å². The van der Waals surface area contributed by atoms with Gasteiger partial charge in [-0.2, -0.15) is 0 Å². The molecule has 0 radical (unpaired) electrons. The van der Waals surface area contributed by atoms with E-state index in [2.05, 4.69) is 19.9 Å². The van der Waals surface area contributed by atoms with Crippen LogP contribution in [0.25, 0.3) is 0 Å². The minimum atomic E-state index is -0.980. The summed E-state index contributed by atoms with van der Waals surface area (Å²) in [6.07, 6.45) is 10.2. The summed E-state index contributed by atoms with van der Waals surface area (Å²) in [5, 5.41) is 12.5. The van der Waals surface area contributed by atoms with Gasteiger partial charge in [-0.15, -0.1) is 0 Å². The van der Waals surface area contributed by atoms with Gasteiger partial charge in [-0.25, -0.2) is 4.79 Å². The molecule has 8 nitrogen and oxygen atoms in total. The van der Waals surface area contributed by atoms with Crippen LogP contribution < -0.4 is 0 Å². The first-order valence-electron chi connectivity index (χ1n) is 14.3. The lowest BCUT2D eigenvalue weighted by molar-refractivity contribution is -0.421. The van der Waals surface area contributed by atoms with Gasteiger partial charge in [0, 0.05) is 17.9 Å². The fourth-order valence-electron chi connectivity index (χ4n) is 10.1. The number of cyclic esters (lactones) is 1. The van der Waals surface area contributed by atoms with E-state index in [9.17, 15) is 9.90 Å². The van der Waals surface area contributed by atoms with Crippen molar-refractivity contribution in [1.29, 1.82) is 0 Å². The van der Waals surface area contributed by atoms with Crippen LogP contribution in [-0.2, 0) is 33.2 Å². The van der Waals surface area contributed by atoms with E-state index in [0.717, 1.165) is 56.9 Å². The molecule has 0 aromatic rings. The summed E-state index contributed by atoms with van der Waals surface area (Å²) in [4.78, 5) is 11.8. The molecule has 6 fully saturated rings. The fraction of sp³-hybridized carbons (Fsp3) is 0.828. The normalized spacial score (nSPS) is 56.1. The second kappa shape index (κ2) is 7.67. The van der Waals surface area contributed by atoms with Crippen molar-refractivity contribution in [3.05, 3.63) is 23.3 Å². The number of carbonyl (C=O) groups excluding carboxylic acids is 1. The van der Waals surface area contributed by atoms with E-state index in [1.807, 2.05) is 0 Å². The van der Waals surface area contributed by atoms with Gasteiger partial charge in [-0.3, -0.25) is 0 Å². The highest BCUT2D eigenvalue weighted by molar-refractivity contribution is 5.85. The van der Waals surface area contributed by atoms with E-state index >= 15 is 0 Å². The van der Waals surface area contributed by atoms with E-state index in [-0.39, 0.29) is 53.7 Å². The first-order chi connectivity index (χ1) is 17.8. The van der Waals surface area contributed by atoms with Gasteiger partial charge < -0.3 is 33.5 Å². The smallest absolute Gasteiger partial charge is 0.331 e. The lowest BCUT2D eigenvalue weighted by Crippen LogP contribution is -2.67. The van der Waals surface area contributed by atoms with E-state index in [0.29, 0.717) is 19.1 Å². The lowest BCUT2D eigenvalue weighted by atomic mass is 9.45. The van der Waals surface area contributed by atoms with Gasteiger partial charge in [-0.05, 0) is 73.7 Å². The van der Waals surface area contributed by atoms with Crippen LogP contribution in [0.5, 0.6) is 0 Å². The van der Waals surface area contributed by atoms with Gasteiger partial charge in [-0.1, -0.05) is 25.5 Å².